The summed E-state index contributed by atoms with van der Waals surface area (Å²) in [5, 5.41) is 2.86. The third kappa shape index (κ3) is 3.91. The van der Waals surface area contributed by atoms with Gasteiger partial charge in [-0.15, -0.1) is 0 Å². The number of aromatic nitrogens is 1. The number of H-pyrrole nitrogens is 1. The molecule has 0 fully saturated rings. The monoisotopic (exact) mass is 410 g/mol. The molecule has 0 saturated heterocycles. The molecule has 0 aliphatic carbocycles. The zero-order valence-corrected chi connectivity index (χ0v) is 17.8. The van der Waals surface area contributed by atoms with Gasteiger partial charge in [0, 0.05) is 23.9 Å². The van der Waals surface area contributed by atoms with Gasteiger partial charge in [-0.25, -0.2) is 0 Å². The molecule has 0 aliphatic heterocycles. The van der Waals surface area contributed by atoms with Gasteiger partial charge in [0.1, 0.15) is 11.4 Å². The van der Waals surface area contributed by atoms with Gasteiger partial charge in [0.25, 0.3) is 5.91 Å². The molecule has 0 aliphatic rings. The first-order chi connectivity index (χ1) is 14.6. The van der Waals surface area contributed by atoms with Crippen LogP contribution in [-0.4, -0.2) is 45.9 Å². The van der Waals surface area contributed by atoms with Crippen LogP contribution in [-0.2, 0) is 0 Å². The van der Waals surface area contributed by atoms with Crippen molar-refractivity contribution in [2.75, 3.05) is 35.0 Å². The largest absolute Gasteiger partial charge is 0.497 e. The molecule has 158 valence electrons. The molecule has 0 atom stereocenters. The summed E-state index contributed by atoms with van der Waals surface area (Å²) >= 11 is 0. The minimum absolute atomic E-state index is 0.194. The van der Waals surface area contributed by atoms with E-state index in [1.165, 1.54) is 0 Å². The highest BCUT2D eigenvalue weighted by molar-refractivity contribution is 6.04. The van der Waals surface area contributed by atoms with E-state index < -0.39 is 0 Å². The topological polar surface area (TPSA) is 81.8 Å². The summed E-state index contributed by atoms with van der Waals surface area (Å²) in [5.41, 5.74) is 3.76. The quantitative estimate of drug-likeness (QED) is 0.583. The third-order valence-electron chi connectivity index (χ3n) is 4.80. The van der Waals surface area contributed by atoms with E-state index in [1.54, 1.807) is 28.4 Å². The Morgan fingerprint density at radius 3 is 2.03 bits per heavy atom. The molecule has 0 saturated carbocycles. The number of hydrogen-bond donors (Lipinski definition) is 2. The molecule has 7 heteroatoms. The van der Waals surface area contributed by atoms with E-state index in [4.69, 9.17) is 18.9 Å². The van der Waals surface area contributed by atoms with E-state index in [9.17, 15) is 4.79 Å². The van der Waals surface area contributed by atoms with Crippen molar-refractivity contribution in [3.05, 3.63) is 48.3 Å². The van der Waals surface area contributed by atoms with Crippen molar-refractivity contribution in [3.8, 4) is 45.3 Å². The van der Waals surface area contributed by atoms with E-state index in [2.05, 4.69) is 10.3 Å². The summed E-state index contributed by atoms with van der Waals surface area (Å²) in [6.45, 7) is 2.40. The molecule has 0 bridgehead atoms. The van der Waals surface area contributed by atoms with E-state index in [1.807, 2.05) is 49.5 Å². The number of hydrogen-bond acceptors (Lipinski definition) is 5. The van der Waals surface area contributed by atoms with Crippen LogP contribution in [0, 0.1) is 0 Å². The second-order valence-electron chi connectivity index (χ2n) is 6.45. The molecular formula is C23H26N2O5. The van der Waals surface area contributed by atoms with Crippen LogP contribution < -0.4 is 24.3 Å². The second kappa shape index (κ2) is 9.26. The van der Waals surface area contributed by atoms with Crippen molar-refractivity contribution in [2.45, 2.75) is 6.92 Å². The average molecular weight is 410 g/mol. The van der Waals surface area contributed by atoms with Gasteiger partial charge in [0.15, 0.2) is 11.5 Å². The van der Waals surface area contributed by atoms with Crippen LogP contribution in [0.3, 0.4) is 0 Å². The molecule has 0 unspecified atom stereocenters. The summed E-state index contributed by atoms with van der Waals surface area (Å²) < 4.78 is 21.7. The van der Waals surface area contributed by atoms with Crippen LogP contribution in [0.25, 0.3) is 22.3 Å². The van der Waals surface area contributed by atoms with Crippen molar-refractivity contribution >= 4 is 5.91 Å². The molecule has 2 N–H and O–H groups in total. The van der Waals surface area contributed by atoms with Crippen molar-refractivity contribution in [1.82, 2.24) is 10.3 Å². The fourth-order valence-corrected chi connectivity index (χ4v) is 3.37. The molecular weight excluding hydrogens is 384 g/mol. The van der Waals surface area contributed by atoms with Crippen LogP contribution in [0.2, 0.25) is 0 Å². The first-order valence-corrected chi connectivity index (χ1v) is 9.52. The van der Waals surface area contributed by atoms with Crippen LogP contribution in [0.1, 0.15) is 17.4 Å². The molecule has 0 radical (unpaired) electrons. The highest BCUT2D eigenvalue weighted by Crippen LogP contribution is 2.44. The molecule has 3 aromatic rings. The van der Waals surface area contributed by atoms with Gasteiger partial charge >= 0.3 is 0 Å². The van der Waals surface area contributed by atoms with Gasteiger partial charge in [-0.2, -0.15) is 0 Å². The Morgan fingerprint density at radius 1 is 0.900 bits per heavy atom. The normalized spacial score (nSPS) is 10.4. The predicted octanol–water partition coefficient (Wildman–Crippen LogP) is 4.13. The Morgan fingerprint density at radius 2 is 1.53 bits per heavy atom. The lowest BCUT2D eigenvalue weighted by atomic mass is 9.95. The number of benzene rings is 2. The molecule has 1 aromatic heterocycles. The molecule has 7 nitrogen and oxygen atoms in total. The van der Waals surface area contributed by atoms with Crippen molar-refractivity contribution in [2.24, 2.45) is 0 Å². The summed E-state index contributed by atoms with van der Waals surface area (Å²) in [5.74, 6) is 2.07. The van der Waals surface area contributed by atoms with E-state index in [-0.39, 0.29) is 5.91 Å². The predicted molar refractivity (Wildman–Crippen MR) is 116 cm³/mol. The number of methoxy groups -OCH3 is 4. The summed E-state index contributed by atoms with van der Waals surface area (Å²) in [6, 6.07) is 11.3. The summed E-state index contributed by atoms with van der Waals surface area (Å²) in [7, 11) is 6.31. The maximum absolute atomic E-state index is 12.8. The number of carbonyl (C=O) groups is 1. The van der Waals surface area contributed by atoms with Gasteiger partial charge < -0.3 is 29.2 Å². The average Bonchev–Trinajstić information content (AvgIpc) is 3.23. The highest BCUT2D eigenvalue weighted by Gasteiger charge is 2.23. The first-order valence-electron chi connectivity index (χ1n) is 9.52. The number of nitrogens with one attached hydrogen (secondary N) is 2. The van der Waals surface area contributed by atoms with E-state index >= 15 is 0 Å². The standard InChI is InChI=1S/C23H26N2O5/c1-6-24-23(26)21-20(15-11-18(28-3)22(30-5)19(12-15)29-4)17(13-25-21)14-7-9-16(27-2)10-8-14/h7-13,25H,6H2,1-5H3,(H,24,26). The Balaban J connectivity index is 2.25. The lowest BCUT2D eigenvalue weighted by molar-refractivity contribution is 0.0952. The molecule has 2 aromatic carbocycles. The van der Waals surface area contributed by atoms with Gasteiger partial charge in [-0.3, -0.25) is 4.79 Å². The number of rotatable bonds is 8. The van der Waals surface area contributed by atoms with Crippen LogP contribution in [0.15, 0.2) is 42.6 Å². The fourth-order valence-electron chi connectivity index (χ4n) is 3.37. The molecule has 0 spiro atoms. The molecule has 30 heavy (non-hydrogen) atoms. The summed E-state index contributed by atoms with van der Waals surface area (Å²) in [4.78, 5) is 15.9. The van der Waals surface area contributed by atoms with Crippen LogP contribution in [0.4, 0.5) is 0 Å². The molecule has 1 amide bonds. The molecule has 1 heterocycles. The zero-order chi connectivity index (χ0) is 21.7. The van der Waals surface area contributed by atoms with Crippen molar-refractivity contribution in [3.63, 3.8) is 0 Å². The fraction of sp³-hybridized carbons (Fsp3) is 0.261. The second-order valence-corrected chi connectivity index (χ2v) is 6.45. The molecule has 3 rings (SSSR count). The number of aromatic amines is 1. The Labute approximate surface area is 175 Å². The van der Waals surface area contributed by atoms with Gasteiger partial charge in [0.05, 0.1) is 28.4 Å². The van der Waals surface area contributed by atoms with E-state index in [0.717, 1.165) is 28.0 Å². The smallest absolute Gasteiger partial charge is 0.268 e. The third-order valence-corrected chi connectivity index (χ3v) is 4.80. The summed E-state index contributed by atoms with van der Waals surface area (Å²) in [6.07, 6.45) is 1.82. The SMILES string of the molecule is CCNC(=O)c1[nH]cc(-c2ccc(OC)cc2)c1-c1cc(OC)c(OC)c(OC)c1. The Kier molecular flexibility index (Phi) is 6.51. The Hall–Kier alpha value is -3.61. The first kappa shape index (κ1) is 21.1. The minimum Gasteiger partial charge on any atom is -0.497 e. The van der Waals surface area contributed by atoms with Crippen molar-refractivity contribution < 1.29 is 23.7 Å². The van der Waals surface area contributed by atoms with Crippen LogP contribution >= 0.6 is 0 Å². The van der Waals surface area contributed by atoms with E-state index in [0.29, 0.717) is 29.5 Å². The minimum atomic E-state index is -0.194. The van der Waals surface area contributed by atoms with Gasteiger partial charge in [0.2, 0.25) is 5.75 Å². The maximum Gasteiger partial charge on any atom is 0.268 e. The zero-order valence-electron chi connectivity index (χ0n) is 17.8. The van der Waals surface area contributed by atoms with Crippen molar-refractivity contribution in [1.29, 1.82) is 0 Å². The Bertz CT molecular complexity index is 1000. The number of amides is 1. The number of carbonyl (C=O) groups excluding carboxylic acids is 1. The lowest BCUT2D eigenvalue weighted by Crippen LogP contribution is -2.23. The van der Waals surface area contributed by atoms with Gasteiger partial charge in [-0.05, 0) is 42.3 Å². The van der Waals surface area contributed by atoms with Crippen LogP contribution in [0.5, 0.6) is 23.0 Å². The van der Waals surface area contributed by atoms with Gasteiger partial charge in [-0.1, -0.05) is 12.1 Å². The maximum atomic E-state index is 12.8. The highest BCUT2D eigenvalue weighted by atomic mass is 16.5. The lowest BCUT2D eigenvalue weighted by Gasteiger charge is -2.15. The number of ether oxygens (including phenoxy) is 4.